The summed E-state index contributed by atoms with van der Waals surface area (Å²) in [7, 11) is 0. The number of rotatable bonds is 3. The van der Waals surface area contributed by atoms with Crippen molar-refractivity contribution in [3.05, 3.63) is 24.3 Å². The lowest BCUT2D eigenvalue weighted by atomic mass is 10.1. The van der Waals surface area contributed by atoms with Gasteiger partial charge in [0, 0.05) is 18.9 Å². The lowest BCUT2D eigenvalue weighted by Gasteiger charge is -2.35. The maximum absolute atomic E-state index is 12.1. The van der Waals surface area contributed by atoms with Gasteiger partial charge in [-0.2, -0.15) is 0 Å². The molecule has 1 fully saturated rings. The van der Waals surface area contributed by atoms with E-state index in [1.807, 2.05) is 27.7 Å². The Morgan fingerprint density at radius 2 is 2.18 bits per heavy atom. The van der Waals surface area contributed by atoms with E-state index >= 15 is 0 Å². The van der Waals surface area contributed by atoms with Gasteiger partial charge in [0.1, 0.15) is 5.60 Å². The van der Waals surface area contributed by atoms with E-state index in [4.69, 9.17) is 9.47 Å². The molecule has 0 aromatic carbocycles. The third kappa shape index (κ3) is 4.94. The van der Waals surface area contributed by atoms with Crippen molar-refractivity contribution in [3.63, 3.8) is 0 Å². The molecule has 0 N–H and O–H groups in total. The number of hydrogen-bond donors (Lipinski definition) is 0. The Morgan fingerprint density at radius 3 is 2.82 bits per heavy atom. The van der Waals surface area contributed by atoms with Crippen LogP contribution in [0.3, 0.4) is 0 Å². The highest BCUT2D eigenvalue weighted by molar-refractivity contribution is 5.68. The molecule has 0 aliphatic carbocycles. The minimum Gasteiger partial charge on any atom is -0.444 e. The molecule has 0 radical (unpaired) electrons. The fraction of sp³-hybridized carbons (Fsp3) is 0.688. The Bertz CT molecular complexity index is 487. The Morgan fingerprint density at radius 1 is 1.41 bits per heavy atom. The van der Waals surface area contributed by atoms with Crippen LogP contribution in [-0.4, -0.2) is 45.8 Å². The maximum atomic E-state index is 12.1. The summed E-state index contributed by atoms with van der Waals surface area (Å²) < 4.78 is 11.5. The van der Waals surface area contributed by atoms with Crippen LogP contribution in [0.1, 0.15) is 52.3 Å². The van der Waals surface area contributed by atoms with E-state index in [2.05, 4.69) is 9.97 Å². The summed E-state index contributed by atoms with van der Waals surface area (Å²) in [5.74, 6) is 0. The number of carbonyl (C=O) groups excluding carboxylic acids is 1. The Kier molecular flexibility index (Phi) is 5.34. The molecule has 1 aliphatic rings. The predicted octanol–water partition coefficient (Wildman–Crippen LogP) is 2.95. The highest BCUT2D eigenvalue weighted by Gasteiger charge is 2.29. The van der Waals surface area contributed by atoms with Crippen LogP contribution in [0.2, 0.25) is 0 Å². The first kappa shape index (κ1) is 16.7. The van der Waals surface area contributed by atoms with Gasteiger partial charge >= 0.3 is 6.09 Å². The van der Waals surface area contributed by atoms with Gasteiger partial charge in [-0.3, -0.25) is 9.97 Å². The first-order valence-corrected chi connectivity index (χ1v) is 7.74. The van der Waals surface area contributed by atoms with Gasteiger partial charge in [0.05, 0.1) is 30.6 Å². The van der Waals surface area contributed by atoms with Crippen molar-refractivity contribution in [1.29, 1.82) is 0 Å². The van der Waals surface area contributed by atoms with Crippen LogP contribution < -0.4 is 0 Å². The number of piperidine rings is 1. The quantitative estimate of drug-likeness (QED) is 0.859. The van der Waals surface area contributed by atoms with Crippen molar-refractivity contribution in [2.75, 3.05) is 13.1 Å². The highest BCUT2D eigenvalue weighted by Crippen LogP contribution is 2.22. The summed E-state index contributed by atoms with van der Waals surface area (Å²) in [6.07, 6.45) is 6.44. The molecule has 1 aliphatic heterocycles. The van der Waals surface area contributed by atoms with Crippen LogP contribution in [0.25, 0.3) is 0 Å². The van der Waals surface area contributed by atoms with E-state index in [1.165, 1.54) is 0 Å². The Hall–Kier alpha value is -1.69. The van der Waals surface area contributed by atoms with Crippen molar-refractivity contribution in [3.8, 4) is 0 Å². The lowest BCUT2D eigenvalue weighted by Crippen LogP contribution is -2.45. The van der Waals surface area contributed by atoms with Gasteiger partial charge in [-0.05, 0) is 40.5 Å². The molecule has 1 unspecified atom stereocenters. The molecule has 2 heterocycles. The maximum Gasteiger partial charge on any atom is 0.410 e. The molecule has 1 saturated heterocycles. The zero-order valence-corrected chi connectivity index (χ0v) is 13.8. The number of likely N-dealkylation sites (tertiary alicyclic amines) is 1. The van der Waals surface area contributed by atoms with E-state index in [0.29, 0.717) is 13.1 Å². The SMILES string of the molecule is CC(O[C@H]1CCCN(C(=O)OC(C)(C)C)C1)c1cnccn1. The average Bonchev–Trinajstić information content (AvgIpc) is 2.46. The van der Waals surface area contributed by atoms with E-state index < -0.39 is 5.60 Å². The van der Waals surface area contributed by atoms with Gasteiger partial charge in [-0.25, -0.2) is 4.79 Å². The van der Waals surface area contributed by atoms with E-state index in [-0.39, 0.29) is 18.3 Å². The monoisotopic (exact) mass is 307 g/mol. The molecule has 2 atom stereocenters. The fourth-order valence-corrected chi connectivity index (χ4v) is 2.42. The Balaban J connectivity index is 1.89. The first-order chi connectivity index (χ1) is 10.3. The summed E-state index contributed by atoms with van der Waals surface area (Å²) in [6, 6.07) is 0. The van der Waals surface area contributed by atoms with Crippen molar-refractivity contribution >= 4 is 6.09 Å². The minimum atomic E-state index is -0.474. The molecule has 122 valence electrons. The summed E-state index contributed by atoms with van der Waals surface area (Å²) in [5.41, 5.74) is 0.328. The van der Waals surface area contributed by atoms with Crippen molar-refractivity contribution in [2.45, 2.75) is 58.3 Å². The third-order valence-electron chi connectivity index (χ3n) is 3.43. The smallest absolute Gasteiger partial charge is 0.410 e. The summed E-state index contributed by atoms with van der Waals surface area (Å²) in [4.78, 5) is 22.2. The summed E-state index contributed by atoms with van der Waals surface area (Å²) in [5, 5.41) is 0. The van der Waals surface area contributed by atoms with Gasteiger partial charge in [0.25, 0.3) is 0 Å². The van der Waals surface area contributed by atoms with Gasteiger partial charge in [0.2, 0.25) is 0 Å². The van der Waals surface area contributed by atoms with Crippen LogP contribution >= 0.6 is 0 Å². The molecule has 0 bridgehead atoms. The molecule has 6 heteroatoms. The van der Waals surface area contributed by atoms with Crippen LogP contribution in [0.5, 0.6) is 0 Å². The molecule has 6 nitrogen and oxygen atoms in total. The number of carbonyl (C=O) groups is 1. The Labute approximate surface area is 131 Å². The van der Waals surface area contributed by atoms with Gasteiger partial charge < -0.3 is 14.4 Å². The standard InChI is InChI=1S/C16H25N3O3/c1-12(14-10-17-7-8-18-14)21-13-6-5-9-19(11-13)15(20)22-16(2,3)4/h7-8,10,12-13H,5-6,9,11H2,1-4H3/t12?,13-/m0/s1. The molecule has 1 amide bonds. The topological polar surface area (TPSA) is 64.5 Å². The highest BCUT2D eigenvalue weighted by atomic mass is 16.6. The number of hydrogen-bond acceptors (Lipinski definition) is 5. The third-order valence-corrected chi connectivity index (χ3v) is 3.43. The number of nitrogens with zero attached hydrogens (tertiary/aromatic N) is 3. The predicted molar refractivity (Wildman–Crippen MR) is 82.4 cm³/mol. The summed E-state index contributed by atoms with van der Waals surface area (Å²) >= 11 is 0. The lowest BCUT2D eigenvalue weighted by molar-refractivity contribution is -0.0498. The number of amides is 1. The minimum absolute atomic E-state index is 0.00160. The van der Waals surface area contributed by atoms with E-state index in [9.17, 15) is 4.79 Å². The van der Waals surface area contributed by atoms with Crippen LogP contribution in [0.4, 0.5) is 4.79 Å². The van der Waals surface area contributed by atoms with Crippen molar-refractivity contribution < 1.29 is 14.3 Å². The normalized spacial score (nSPS) is 20.5. The molecular weight excluding hydrogens is 282 g/mol. The first-order valence-electron chi connectivity index (χ1n) is 7.74. The van der Waals surface area contributed by atoms with Gasteiger partial charge in [-0.1, -0.05) is 0 Å². The van der Waals surface area contributed by atoms with E-state index in [0.717, 1.165) is 18.5 Å². The molecule has 22 heavy (non-hydrogen) atoms. The zero-order valence-electron chi connectivity index (χ0n) is 13.8. The second kappa shape index (κ2) is 7.05. The number of ether oxygens (including phenoxy) is 2. The molecule has 1 aromatic rings. The van der Waals surface area contributed by atoms with Gasteiger partial charge in [0.15, 0.2) is 0 Å². The second-order valence-corrected chi connectivity index (χ2v) is 6.60. The molecular formula is C16H25N3O3. The van der Waals surface area contributed by atoms with E-state index in [1.54, 1.807) is 23.5 Å². The van der Waals surface area contributed by atoms with Crippen LogP contribution in [0, 0.1) is 0 Å². The molecule has 0 saturated carbocycles. The van der Waals surface area contributed by atoms with Gasteiger partial charge in [-0.15, -0.1) is 0 Å². The fourth-order valence-electron chi connectivity index (χ4n) is 2.42. The van der Waals surface area contributed by atoms with Crippen molar-refractivity contribution in [2.24, 2.45) is 0 Å². The molecule has 0 spiro atoms. The molecule has 2 rings (SSSR count). The molecule has 1 aromatic heterocycles. The van der Waals surface area contributed by atoms with Crippen LogP contribution in [0.15, 0.2) is 18.6 Å². The average molecular weight is 307 g/mol. The summed E-state index contributed by atoms with van der Waals surface area (Å²) in [6.45, 7) is 8.85. The van der Waals surface area contributed by atoms with Crippen molar-refractivity contribution in [1.82, 2.24) is 14.9 Å². The largest absolute Gasteiger partial charge is 0.444 e. The number of aromatic nitrogens is 2. The second-order valence-electron chi connectivity index (χ2n) is 6.60. The zero-order chi connectivity index (χ0) is 16.2. The van der Waals surface area contributed by atoms with Crippen LogP contribution in [-0.2, 0) is 9.47 Å².